The number of fused-ring (bicyclic) bond motifs is 1. The van der Waals surface area contributed by atoms with E-state index >= 15 is 0 Å². The van der Waals surface area contributed by atoms with Gasteiger partial charge in [0.05, 0.1) is 12.6 Å². The van der Waals surface area contributed by atoms with E-state index in [4.69, 9.17) is 0 Å². The molecule has 0 fully saturated rings. The maximum absolute atomic E-state index is 12.4. The molecule has 1 unspecified atom stereocenters. The minimum atomic E-state index is -0.629. The summed E-state index contributed by atoms with van der Waals surface area (Å²) in [5.74, 6) is -0.696. The van der Waals surface area contributed by atoms with Crippen LogP contribution in [0.5, 0.6) is 0 Å². The van der Waals surface area contributed by atoms with Gasteiger partial charge in [-0.1, -0.05) is 36.4 Å². The van der Waals surface area contributed by atoms with Crippen molar-refractivity contribution in [3.05, 3.63) is 42.5 Å². The summed E-state index contributed by atoms with van der Waals surface area (Å²) in [6, 6.07) is 12.3. The van der Waals surface area contributed by atoms with Gasteiger partial charge in [-0.25, -0.2) is 4.79 Å². The normalized spacial score (nSPS) is 11.8. The van der Waals surface area contributed by atoms with Crippen LogP contribution in [0.3, 0.4) is 0 Å². The Bertz CT molecular complexity index is 801. The zero-order valence-corrected chi connectivity index (χ0v) is 15.2. The highest BCUT2D eigenvalue weighted by molar-refractivity contribution is 6.03. The summed E-state index contributed by atoms with van der Waals surface area (Å²) in [5.41, 5.74) is 0.723. The summed E-state index contributed by atoms with van der Waals surface area (Å²) in [5, 5.41) is 9.60. The average Bonchev–Trinajstić information content (AvgIpc) is 2.61. The topological polar surface area (TPSA) is 90.5 Å². The fourth-order valence-corrected chi connectivity index (χ4v) is 2.51. The molecule has 3 N–H and O–H groups in total. The van der Waals surface area contributed by atoms with Gasteiger partial charge in [-0.15, -0.1) is 0 Å². The van der Waals surface area contributed by atoms with Crippen LogP contribution in [0.1, 0.15) is 13.8 Å². The van der Waals surface area contributed by atoms with Crippen LogP contribution in [0.2, 0.25) is 0 Å². The number of nitrogens with zero attached hydrogens (tertiary/aromatic N) is 1. The molecule has 4 amide bonds. The quantitative estimate of drug-likeness (QED) is 0.738. The molecule has 0 bridgehead atoms. The van der Waals surface area contributed by atoms with Crippen molar-refractivity contribution < 1.29 is 14.4 Å². The van der Waals surface area contributed by atoms with Crippen molar-refractivity contribution in [2.45, 2.75) is 19.9 Å². The molecular weight excluding hydrogens is 332 g/mol. The van der Waals surface area contributed by atoms with E-state index in [1.807, 2.05) is 42.5 Å². The first-order valence-corrected chi connectivity index (χ1v) is 8.49. The third kappa shape index (κ3) is 5.03. The van der Waals surface area contributed by atoms with E-state index in [0.717, 1.165) is 16.5 Å². The van der Waals surface area contributed by atoms with Gasteiger partial charge in [-0.3, -0.25) is 19.8 Å². The highest BCUT2D eigenvalue weighted by Gasteiger charge is 2.21. The number of carbonyl (C=O) groups excluding carboxylic acids is 3. The van der Waals surface area contributed by atoms with E-state index < -0.39 is 18.0 Å². The Hall–Kier alpha value is -2.93. The van der Waals surface area contributed by atoms with E-state index in [1.54, 1.807) is 25.8 Å². The number of hydrogen-bond donors (Lipinski definition) is 3. The molecule has 138 valence electrons. The van der Waals surface area contributed by atoms with Gasteiger partial charge in [0.1, 0.15) is 0 Å². The molecule has 0 heterocycles. The first kappa shape index (κ1) is 19.4. The maximum Gasteiger partial charge on any atom is 0.321 e. The second-order valence-electron chi connectivity index (χ2n) is 6.01. The molecule has 0 aromatic heterocycles. The van der Waals surface area contributed by atoms with E-state index in [0.29, 0.717) is 6.54 Å². The number of imide groups is 1. The van der Waals surface area contributed by atoms with Crippen LogP contribution in [0.4, 0.5) is 10.5 Å². The molecule has 0 radical (unpaired) electrons. The fourth-order valence-electron chi connectivity index (χ4n) is 2.51. The number of amides is 4. The van der Waals surface area contributed by atoms with Crippen molar-refractivity contribution in [2.75, 3.05) is 25.5 Å². The summed E-state index contributed by atoms with van der Waals surface area (Å²) >= 11 is 0. The SMILES string of the molecule is CCNC(=O)NC(=O)C(C)N(C)CC(=O)Nc1cccc2ccccc12. The number of benzene rings is 2. The molecule has 0 aliphatic carbocycles. The zero-order chi connectivity index (χ0) is 19.1. The lowest BCUT2D eigenvalue weighted by Gasteiger charge is -2.23. The molecule has 0 saturated heterocycles. The molecule has 7 heteroatoms. The van der Waals surface area contributed by atoms with Crippen LogP contribution < -0.4 is 16.0 Å². The Morgan fingerprint density at radius 2 is 1.77 bits per heavy atom. The Labute approximate surface area is 152 Å². The van der Waals surface area contributed by atoms with Gasteiger partial charge in [-0.05, 0) is 32.3 Å². The number of urea groups is 1. The molecule has 0 spiro atoms. The highest BCUT2D eigenvalue weighted by Crippen LogP contribution is 2.22. The van der Waals surface area contributed by atoms with Gasteiger partial charge in [0.2, 0.25) is 11.8 Å². The lowest BCUT2D eigenvalue weighted by atomic mass is 10.1. The standard InChI is InChI=1S/C19H24N4O3/c1-4-20-19(26)22-18(25)13(2)23(3)12-17(24)21-16-11-7-9-14-8-5-6-10-15(14)16/h5-11,13H,4,12H2,1-3H3,(H,21,24)(H2,20,22,25,26). The second kappa shape index (κ2) is 8.96. The lowest BCUT2D eigenvalue weighted by molar-refractivity contribution is -0.125. The fraction of sp³-hybridized carbons (Fsp3) is 0.316. The summed E-state index contributed by atoms with van der Waals surface area (Å²) in [6.45, 7) is 3.85. The van der Waals surface area contributed by atoms with Gasteiger partial charge in [0.15, 0.2) is 0 Å². The Morgan fingerprint density at radius 3 is 2.50 bits per heavy atom. The molecule has 26 heavy (non-hydrogen) atoms. The number of hydrogen-bond acceptors (Lipinski definition) is 4. The van der Waals surface area contributed by atoms with Crippen molar-refractivity contribution in [3.63, 3.8) is 0 Å². The summed E-state index contributed by atoms with van der Waals surface area (Å²) < 4.78 is 0. The molecule has 2 aromatic rings. The average molecular weight is 356 g/mol. The van der Waals surface area contributed by atoms with Gasteiger partial charge in [0, 0.05) is 17.6 Å². The maximum atomic E-state index is 12.4. The van der Waals surface area contributed by atoms with E-state index in [-0.39, 0.29) is 12.5 Å². The van der Waals surface area contributed by atoms with Crippen LogP contribution in [0, 0.1) is 0 Å². The Balaban J connectivity index is 1.96. The van der Waals surface area contributed by atoms with Gasteiger partial charge in [0.25, 0.3) is 0 Å². The number of carbonyl (C=O) groups is 3. The van der Waals surface area contributed by atoms with E-state index in [9.17, 15) is 14.4 Å². The number of rotatable bonds is 6. The first-order valence-electron chi connectivity index (χ1n) is 8.49. The molecule has 7 nitrogen and oxygen atoms in total. The van der Waals surface area contributed by atoms with Crippen LogP contribution >= 0.6 is 0 Å². The van der Waals surface area contributed by atoms with Gasteiger partial charge in [-0.2, -0.15) is 0 Å². The summed E-state index contributed by atoms with van der Waals surface area (Å²) in [7, 11) is 1.66. The first-order chi connectivity index (χ1) is 12.4. The van der Waals surface area contributed by atoms with Crippen LogP contribution in [0.25, 0.3) is 10.8 Å². The third-order valence-corrected chi connectivity index (χ3v) is 4.07. The highest BCUT2D eigenvalue weighted by atomic mass is 16.2. The number of nitrogens with one attached hydrogen (secondary N) is 3. The Morgan fingerprint density at radius 1 is 1.08 bits per heavy atom. The monoisotopic (exact) mass is 356 g/mol. The lowest BCUT2D eigenvalue weighted by Crippen LogP contribution is -2.49. The summed E-state index contributed by atoms with van der Waals surface area (Å²) in [6.07, 6.45) is 0. The Kier molecular flexibility index (Phi) is 6.68. The van der Waals surface area contributed by atoms with Crippen LogP contribution in [0.15, 0.2) is 42.5 Å². The van der Waals surface area contributed by atoms with Gasteiger partial charge < -0.3 is 10.6 Å². The van der Waals surface area contributed by atoms with Crippen molar-refractivity contribution in [1.82, 2.24) is 15.5 Å². The largest absolute Gasteiger partial charge is 0.338 e. The van der Waals surface area contributed by atoms with Crippen molar-refractivity contribution >= 4 is 34.3 Å². The second-order valence-corrected chi connectivity index (χ2v) is 6.01. The smallest absolute Gasteiger partial charge is 0.321 e. The van der Waals surface area contributed by atoms with Crippen molar-refractivity contribution in [3.8, 4) is 0 Å². The predicted octanol–water partition coefficient (Wildman–Crippen LogP) is 1.94. The molecule has 1 atom stereocenters. The molecule has 2 rings (SSSR count). The van der Waals surface area contributed by atoms with Crippen molar-refractivity contribution in [1.29, 1.82) is 0 Å². The zero-order valence-electron chi connectivity index (χ0n) is 15.2. The van der Waals surface area contributed by atoms with Gasteiger partial charge >= 0.3 is 6.03 Å². The molecule has 0 aliphatic rings. The van der Waals surface area contributed by atoms with E-state index in [1.165, 1.54) is 0 Å². The minimum Gasteiger partial charge on any atom is -0.338 e. The molecule has 2 aromatic carbocycles. The summed E-state index contributed by atoms with van der Waals surface area (Å²) in [4.78, 5) is 37.4. The minimum absolute atomic E-state index is 0.0210. The molecular formula is C19H24N4O3. The van der Waals surface area contributed by atoms with E-state index in [2.05, 4.69) is 16.0 Å². The van der Waals surface area contributed by atoms with Crippen molar-refractivity contribution in [2.24, 2.45) is 0 Å². The van der Waals surface area contributed by atoms with Crippen LogP contribution in [-0.4, -0.2) is 48.9 Å². The molecule has 0 saturated carbocycles. The number of anilines is 1. The predicted molar refractivity (Wildman–Crippen MR) is 102 cm³/mol. The molecule has 0 aliphatic heterocycles. The number of likely N-dealkylation sites (N-methyl/N-ethyl adjacent to an activating group) is 1. The van der Waals surface area contributed by atoms with Crippen LogP contribution in [-0.2, 0) is 9.59 Å². The third-order valence-electron chi connectivity index (χ3n) is 4.07.